The van der Waals surface area contributed by atoms with Gasteiger partial charge in [-0.15, -0.1) is 0 Å². The van der Waals surface area contributed by atoms with Crippen molar-refractivity contribution in [2.24, 2.45) is 5.92 Å². The second-order valence-corrected chi connectivity index (χ2v) is 7.72. The first-order valence-electron chi connectivity index (χ1n) is 9.85. The molecule has 1 aliphatic heterocycles. The molecule has 4 rings (SSSR count). The Hall–Kier alpha value is -2.56. The highest BCUT2D eigenvalue weighted by molar-refractivity contribution is 5.95. The van der Waals surface area contributed by atoms with Crippen LogP contribution in [0, 0.1) is 5.92 Å². The summed E-state index contributed by atoms with van der Waals surface area (Å²) in [5.41, 5.74) is 1.97. The maximum Gasteiger partial charge on any atom is 0.227 e. The normalized spacial score (nSPS) is 21.5. The summed E-state index contributed by atoms with van der Waals surface area (Å²) in [6.45, 7) is 3.52. The molecule has 2 heterocycles. The lowest BCUT2D eigenvalue weighted by molar-refractivity contribution is -0.121. The number of furan rings is 1. The second-order valence-electron chi connectivity index (χ2n) is 7.72. The lowest BCUT2D eigenvalue weighted by Gasteiger charge is -2.16. The molecule has 1 aromatic heterocycles. The van der Waals surface area contributed by atoms with E-state index >= 15 is 0 Å². The maximum absolute atomic E-state index is 12.1. The molecule has 2 aromatic rings. The van der Waals surface area contributed by atoms with Gasteiger partial charge in [0.2, 0.25) is 11.8 Å². The van der Waals surface area contributed by atoms with E-state index in [-0.39, 0.29) is 11.8 Å². The summed E-state index contributed by atoms with van der Waals surface area (Å²) in [5.74, 6) is 3.46. The molecule has 0 radical (unpaired) electrons. The van der Waals surface area contributed by atoms with Crippen LogP contribution in [0.4, 0.5) is 5.69 Å². The van der Waals surface area contributed by atoms with Crippen molar-refractivity contribution in [1.82, 2.24) is 5.32 Å². The van der Waals surface area contributed by atoms with Crippen molar-refractivity contribution in [1.29, 1.82) is 0 Å². The molecular formula is C22H26N2O3. The van der Waals surface area contributed by atoms with Crippen LogP contribution >= 0.6 is 0 Å². The number of benzene rings is 1. The van der Waals surface area contributed by atoms with E-state index in [1.165, 1.54) is 6.42 Å². The average Bonchev–Trinajstić information content (AvgIpc) is 3.06. The lowest BCUT2D eigenvalue weighted by Crippen LogP contribution is -2.24. The van der Waals surface area contributed by atoms with E-state index in [2.05, 4.69) is 12.2 Å². The van der Waals surface area contributed by atoms with Gasteiger partial charge < -0.3 is 14.6 Å². The zero-order valence-electron chi connectivity index (χ0n) is 15.7. The largest absolute Gasteiger partial charge is 0.466 e. The Bertz CT molecular complexity index is 824. The van der Waals surface area contributed by atoms with Crippen molar-refractivity contribution in [3.8, 4) is 0 Å². The molecule has 1 aliphatic carbocycles. The van der Waals surface area contributed by atoms with Gasteiger partial charge in [0.25, 0.3) is 0 Å². The molecule has 1 N–H and O–H groups in total. The predicted molar refractivity (Wildman–Crippen MR) is 103 cm³/mol. The van der Waals surface area contributed by atoms with Gasteiger partial charge >= 0.3 is 0 Å². The minimum Gasteiger partial charge on any atom is -0.466 e. The van der Waals surface area contributed by atoms with Crippen LogP contribution < -0.4 is 10.2 Å². The van der Waals surface area contributed by atoms with Gasteiger partial charge in [0.1, 0.15) is 11.5 Å². The third-order valence-corrected chi connectivity index (χ3v) is 5.57. The van der Waals surface area contributed by atoms with Crippen molar-refractivity contribution in [3.63, 3.8) is 0 Å². The number of nitrogens with zero attached hydrogens (tertiary/aromatic N) is 1. The summed E-state index contributed by atoms with van der Waals surface area (Å²) in [6, 6.07) is 11.9. The van der Waals surface area contributed by atoms with Crippen LogP contribution in [0.2, 0.25) is 0 Å². The van der Waals surface area contributed by atoms with Crippen LogP contribution in [0.1, 0.15) is 55.6 Å². The molecule has 0 bridgehead atoms. The highest BCUT2D eigenvalue weighted by atomic mass is 16.3. The Labute approximate surface area is 159 Å². The molecule has 1 aromatic carbocycles. The highest BCUT2D eigenvalue weighted by Gasteiger charge is 2.36. The Balaban J connectivity index is 1.22. The minimum absolute atomic E-state index is 0.0199. The zero-order valence-corrected chi connectivity index (χ0v) is 15.7. The van der Waals surface area contributed by atoms with E-state index in [1.54, 1.807) is 0 Å². The minimum atomic E-state index is 0.0199. The van der Waals surface area contributed by atoms with Crippen LogP contribution in [0.15, 0.2) is 40.8 Å². The number of nitrogens with one attached hydrogen (secondary N) is 1. The number of anilines is 1. The molecule has 1 saturated carbocycles. The summed E-state index contributed by atoms with van der Waals surface area (Å²) in [7, 11) is 0. The third kappa shape index (κ3) is 4.24. The van der Waals surface area contributed by atoms with Crippen molar-refractivity contribution < 1.29 is 14.0 Å². The van der Waals surface area contributed by atoms with E-state index in [9.17, 15) is 9.59 Å². The van der Waals surface area contributed by atoms with Crippen molar-refractivity contribution in [2.75, 3.05) is 11.4 Å². The molecule has 1 saturated heterocycles. The van der Waals surface area contributed by atoms with E-state index in [4.69, 9.17) is 4.42 Å². The standard InChI is InChI=1S/C22H26N2O3/c1-15-13-19(15)20-10-8-18(27-20)9-11-21(25)23-14-16-4-6-17(7-5-16)24-12-2-3-22(24)26/h4-8,10,15,19H,2-3,9,11-14H2,1H3,(H,23,25)/t15-,19-/m0/s1. The van der Waals surface area contributed by atoms with Crippen molar-refractivity contribution in [3.05, 3.63) is 53.5 Å². The summed E-state index contributed by atoms with van der Waals surface area (Å²) >= 11 is 0. The molecule has 5 nitrogen and oxygen atoms in total. The van der Waals surface area contributed by atoms with Crippen LogP contribution in [-0.4, -0.2) is 18.4 Å². The van der Waals surface area contributed by atoms with Crippen LogP contribution in [-0.2, 0) is 22.6 Å². The number of carbonyl (C=O) groups excluding carboxylic acids is 2. The summed E-state index contributed by atoms with van der Waals surface area (Å²) < 4.78 is 5.85. The SMILES string of the molecule is C[C@H]1C[C@@H]1c1ccc(CCC(=O)NCc2ccc(N3CCCC3=O)cc2)o1. The molecule has 0 unspecified atom stereocenters. The Kier molecular flexibility index (Phi) is 5.01. The number of aryl methyl sites for hydroxylation is 1. The molecular weight excluding hydrogens is 340 g/mol. The third-order valence-electron chi connectivity index (χ3n) is 5.57. The number of carbonyl (C=O) groups is 2. The molecule has 27 heavy (non-hydrogen) atoms. The van der Waals surface area contributed by atoms with Gasteiger partial charge in [-0.1, -0.05) is 19.1 Å². The van der Waals surface area contributed by atoms with Gasteiger partial charge in [-0.25, -0.2) is 0 Å². The van der Waals surface area contributed by atoms with Crippen LogP contribution in [0.5, 0.6) is 0 Å². The molecule has 0 spiro atoms. The first-order chi connectivity index (χ1) is 13.1. The molecule has 142 valence electrons. The quantitative estimate of drug-likeness (QED) is 0.811. The second kappa shape index (κ2) is 7.59. The van der Waals surface area contributed by atoms with Crippen LogP contribution in [0.25, 0.3) is 0 Å². The Morgan fingerprint density at radius 2 is 2.00 bits per heavy atom. The highest BCUT2D eigenvalue weighted by Crippen LogP contribution is 2.47. The molecule has 5 heteroatoms. The fourth-order valence-corrected chi connectivity index (χ4v) is 3.69. The maximum atomic E-state index is 12.1. The van der Waals surface area contributed by atoms with Gasteiger partial charge in [0.15, 0.2) is 0 Å². The number of hydrogen-bond donors (Lipinski definition) is 1. The van der Waals surface area contributed by atoms with Gasteiger partial charge in [0.05, 0.1) is 0 Å². The first-order valence-corrected chi connectivity index (χ1v) is 9.85. The average molecular weight is 366 g/mol. The molecule has 2 atom stereocenters. The first kappa shape index (κ1) is 17.8. The number of rotatable bonds is 7. The topological polar surface area (TPSA) is 62.6 Å². The van der Waals surface area contributed by atoms with Crippen molar-refractivity contribution in [2.45, 2.75) is 51.5 Å². The van der Waals surface area contributed by atoms with Gasteiger partial charge in [-0.3, -0.25) is 9.59 Å². The fraction of sp³-hybridized carbons (Fsp3) is 0.455. The Morgan fingerprint density at radius 3 is 2.67 bits per heavy atom. The molecule has 2 fully saturated rings. The van der Waals surface area contributed by atoms with Gasteiger partial charge in [-0.05, 0) is 48.6 Å². The summed E-state index contributed by atoms with van der Waals surface area (Å²) in [4.78, 5) is 25.7. The summed E-state index contributed by atoms with van der Waals surface area (Å²) in [6.07, 6.45) is 3.82. The van der Waals surface area contributed by atoms with E-state index in [0.29, 0.717) is 31.7 Å². The Morgan fingerprint density at radius 1 is 1.22 bits per heavy atom. The zero-order chi connectivity index (χ0) is 18.8. The van der Waals surface area contributed by atoms with Gasteiger partial charge in [-0.2, -0.15) is 0 Å². The summed E-state index contributed by atoms with van der Waals surface area (Å²) in [5, 5.41) is 2.95. The van der Waals surface area contributed by atoms with Gasteiger partial charge in [0, 0.05) is 44.0 Å². The van der Waals surface area contributed by atoms with E-state index in [0.717, 1.165) is 41.7 Å². The number of hydrogen-bond acceptors (Lipinski definition) is 3. The smallest absolute Gasteiger partial charge is 0.227 e. The fourth-order valence-electron chi connectivity index (χ4n) is 3.69. The predicted octanol–water partition coefficient (Wildman–Crippen LogP) is 3.78. The molecule has 2 aliphatic rings. The van der Waals surface area contributed by atoms with E-state index in [1.807, 2.05) is 41.3 Å². The number of amides is 2. The van der Waals surface area contributed by atoms with Crippen LogP contribution in [0.3, 0.4) is 0 Å². The van der Waals surface area contributed by atoms with Crippen molar-refractivity contribution >= 4 is 17.5 Å². The van der Waals surface area contributed by atoms with E-state index < -0.39 is 0 Å². The lowest BCUT2D eigenvalue weighted by atomic mass is 10.2. The molecule has 2 amide bonds. The monoisotopic (exact) mass is 366 g/mol.